The quantitative estimate of drug-likeness (QED) is 0.382. The van der Waals surface area contributed by atoms with Crippen LogP contribution in [-0.2, 0) is 4.74 Å². The average Bonchev–Trinajstić information content (AvgIpc) is 2.90. The van der Waals surface area contributed by atoms with E-state index in [-0.39, 0.29) is 11.7 Å². The Hall–Kier alpha value is -3.74. The number of benzene rings is 4. The van der Waals surface area contributed by atoms with Gasteiger partial charge in [0.2, 0.25) is 0 Å². The van der Waals surface area contributed by atoms with Gasteiger partial charge in [-0.2, -0.15) is 0 Å². The minimum Gasteiger partial charge on any atom is -0.492 e. The molecule has 4 aromatic carbocycles. The van der Waals surface area contributed by atoms with Gasteiger partial charge in [-0.1, -0.05) is 48.5 Å². The third-order valence-corrected chi connectivity index (χ3v) is 6.18. The molecular formula is C29H27FN2O3. The molecule has 0 bridgehead atoms. The lowest BCUT2D eigenvalue weighted by atomic mass is 10.0. The van der Waals surface area contributed by atoms with E-state index in [1.807, 2.05) is 48.5 Å². The number of halogens is 1. The van der Waals surface area contributed by atoms with Crippen molar-refractivity contribution < 1.29 is 18.7 Å². The van der Waals surface area contributed by atoms with Crippen molar-refractivity contribution in [1.82, 2.24) is 4.90 Å². The number of hydrogen-bond donors (Lipinski definition) is 1. The maximum Gasteiger partial charge on any atom is 0.255 e. The summed E-state index contributed by atoms with van der Waals surface area (Å²) in [5, 5.41) is 4.89. The fourth-order valence-electron chi connectivity index (χ4n) is 4.32. The largest absolute Gasteiger partial charge is 0.492 e. The second-order valence-corrected chi connectivity index (χ2v) is 8.50. The summed E-state index contributed by atoms with van der Waals surface area (Å²) in [6, 6.07) is 25.2. The van der Waals surface area contributed by atoms with Crippen LogP contribution in [0.25, 0.3) is 21.9 Å². The molecule has 0 aliphatic carbocycles. The lowest BCUT2D eigenvalue weighted by Crippen LogP contribution is -2.38. The normalized spacial score (nSPS) is 14.1. The fraction of sp³-hybridized carbons (Fsp3) is 0.207. The van der Waals surface area contributed by atoms with Crippen molar-refractivity contribution in [1.29, 1.82) is 0 Å². The van der Waals surface area contributed by atoms with Crippen molar-refractivity contribution in [3.63, 3.8) is 0 Å². The van der Waals surface area contributed by atoms with Crippen LogP contribution >= 0.6 is 0 Å². The highest BCUT2D eigenvalue weighted by Gasteiger charge is 2.14. The van der Waals surface area contributed by atoms with Gasteiger partial charge in [-0.15, -0.1) is 0 Å². The van der Waals surface area contributed by atoms with Crippen LogP contribution < -0.4 is 10.1 Å². The number of nitrogens with zero attached hydrogens (tertiary/aromatic N) is 1. The molecular weight excluding hydrogens is 443 g/mol. The first-order chi connectivity index (χ1) is 17.2. The third kappa shape index (κ3) is 5.50. The number of carbonyl (C=O) groups is 1. The second kappa shape index (κ2) is 10.7. The topological polar surface area (TPSA) is 50.8 Å². The van der Waals surface area contributed by atoms with Crippen LogP contribution in [0.1, 0.15) is 10.4 Å². The maximum absolute atomic E-state index is 13.7. The van der Waals surface area contributed by atoms with Crippen LogP contribution in [-0.4, -0.2) is 50.3 Å². The van der Waals surface area contributed by atoms with Gasteiger partial charge in [-0.3, -0.25) is 9.69 Å². The van der Waals surface area contributed by atoms with Crippen LogP contribution in [0.2, 0.25) is 0 Å². The van der Waals surface area contributed by atoms with Gasteiger partial charge in [0.25, 0.3) is 5.91 Å². The van der Waals surface area contributed by atoms with E-state index in [0.29, 0.717) is 17.9 Å². The zero-order valence-corrected chi connectivity index (χ0v) is 19.4. The number of ether oxygens (including phenoxy) is 2. The van der Waals surface area contributed by atoms with Crippen LogP contribution in [0.3, 0.4) is 0 Å². The molecule has 6 heteroatoms. The summed E-state index contributed by atoms with van der Waals surface area (Å²) in [5.41, 5.74) is 2.72. The number of morpholine rings is 1. The van der Waals surface area contributed by atoms with Gasteiger partial charge in [0.15, 0.2) is 0 Å². The van der Waals surface area contributed by atoms with Crippen molar-refractivity contribution in [2.24, 2.45) is 0 Å². The monoisotopic (exact) mass is 470 g/mol. The Bertz CT molecular complexity index is 1330. The number of anilines is 1. The molecule has 5 rings (SSSR count). The van der Waals surface area contributed by atoms with Crippen molar-refractivity contribution in [3.05, 3.63) is 96.3 Å². The first-order valence-corrected chi connectivity index (χ1v) is 11.8. The number of carbonyl (C=O) groups excluding carboxylic acids is 1. The number of rotatable bonds is 7. The standard InChI is InChI=1S/C29H27FN2O3/c30-24-8-4-6-22(20-24)21-5-3-7-23(19-21)29(33)31-27-11-12-28(26-10-2-1-9-25(26)27)35-18-15-32-13-16-34-17-14-32/h1-12,19-20H,13-18H2,(H,31,33). The summed E-state index contributed by atoms with van der Waals surface area (Å²) in [7, 11) is 0. The molecule has 0 atom stereocenters. The molecule has 1 aliphatic heterocycles. The molecule has 1 fully saturated rings. The summed E-state index contributed by atoms with van der Waals surface area (Å²) in [6.07, 6.45) is 0. The Balaban J connectivity index is 1.33. The molecule has 4 aromatic rings. The second-order valence-electron chi connectivity index (χ2n) is 8.50. The highest BCUT2D eigenvalue weighted by atomic mass is 19.1. The van der Waals surface area contributed by atoms with Gasteiger partial charge >= 0.3 is 0 Å². The number of nitrogens with one attached hydrogen (secondary N) is 1. The van der Waals surface area contributed by atoms with Gasteiger partial charge in [0, 0.05) is 41.7 Å². The lowest BCUT2D eigenvalue weighted by molar-refractivity contribution is 0.0323. The van der Waals surface area contributed by atoms with Crippen LogP contribution in [0.4, 0.5) is 10.1 Å². The van der Waals surface area contributed by atoms with E-state index < -0.39 is 0 Å². The van der Waals surface area contributed by atoms with Crippen LogP contribution in [0.5, 0.6) is 5.75 Å². The fourth-order valence-corrected chi connectivity index (χ4v) is 4.32. The number of hydrogen-bond acceptors (Lipinski definition) is 4. The zero-order chi connectivity index (χ0) is 24.0. The molecule has 1 N–H and O–H groups in total. The third-order valence-electron chi connectivity index (χ3n) is 6.18. The van der Waals surface area contributed by atoms with Gasteiger partial charge in [0.05, 0.1) is 13.2 Å². The van der Waals surface area contributed by atoms with Crippen molar-refractivity contribution in [3.8, 4) is 16.9 Å². The number of amides is 1. The predicted molar refractivity (Wildman–Crippen MR) is 136 cm³/mol. The first kappa shape index (κ1) is 23.0. The molecule has 0 unspecified atom stereocenters. The molecule has 5 nitrogen and oxygen atoms in total. The molecule has 0 spiro atoms. The van der Waals surface area contributed by atoms with Gasteiger partial charge in [-0.05, 0) is 47.5 Å². The molecule has 1 saturated heterocycles. The molecule has 0 aromatic heterocycles. The Morgan fingerprint density at radius 1 is 0.886 bits per heavy atom. The van der Waals surface area contributed by atoms with E-state index >= 15 is 0 Å². The lowest BCUT2D eigenvalue weighted by Gasteiger charge is -2.26. The molecule has 1 aliphatic rings. The molecule has 35 heavy (non-hydrogen) atoms. The average molecular weight is 471 g/mol. The van der Waals surface area contributed by atoms with E-state index in [0.717, 1.165) is 60.5 Å². The molecule has 1 heterocycles. The Morgan fingerprint density at radius 2 is 1.63 bits per heavy atom. The van der Waals surface area contributed by atoms with Gasteiger partial charge in [0.1, 0.15) is 18.2 Å². The minimum atomic E-state index is -0.309. The summed E-state index contributed by atoms with van der Waals surface area (Å²) >= 11 is 0. The van der Waals surface area contributed by atoms with E-state index in [1.165, 1.54) is 12.1 Å². The summed E-state index contributed by atoms with van der Waals surface area (Å²) < 4.78 is 25.2. The van der Waals surface area contributed by atoms with E-state index in [1.54, 1.807) is 24.3 Å². The van der Waals surface area contributed by atoms with Crippen molar-refractivity contribution in [2.45, 2.75) is 0 Å². The smallest absolute Gasteiger partial charge is 0.255 e. The van der Waals surface area contributed by atoms with Gasteiger partial charge < -0.3 is 14.8 Å². The van der Waals surface area contributed by atoms with Gasteiger partial charge in [-0.25, -0.2) is 4.39 Å². The first-order valence-electron chi connectivity index (χ1n) is 11.8. The predicted octanol–water partition coefficient (Wildman–Crippen LogP) is 5.61. The van der Waals surface area contributed by atoms with Crippen LogP contribution in [0, 0.1) is 5.82 Å². The van der Waals surface area contributed by atoms with Crippen molar-refractivity contribution in [2.75, 3.05) is 44.8 Å². The Morgan fingerprint density at radius 3 is 2.43 bits per heavy atom. The number of fused-ring (bicyclic) bond motifs is 1. The highest BCUT2D eigenvalue weighted by molar-refractivity contribution is 6.10. The molecule has 0 saturated carbocycles. The zero-order valence-electron chi connectivity index (χ0n) is 19.4. The summed E-state index contributed by atoms with van der Waals surface area (Å²) in [5.74, 6) is 0.255. The SMILES string of the molecule is O=C(Nc1ccc(OCCN2CCOCC2)c2ccccc12)c1cccc(-c2cccc(F)c2)c1. The highest BCUT2D eigenvalue weighted by Crippen LogP contribution is 2.32. The van der Waals surface area contributed by atoms with Crippen LogP contribution in [0.15, 0.2) is 84.9 Å². The summed E-state index contributed by atoms with van der Waals surface area (Å²) in [4.78, 5) is 15.4. The Labute approximate surface area is 204 Å². The molecule has 0 radical (unpaired) electrons. The minimum absolute atomic E-state index is 0.227. The molecule has 1 amide bonds. The maximum atomic E-state index is 13.7. The van der Waals surface area contributed by atoms with Crippen molar-refractivity contribution >= 4 is 22.4 Å². The molecule has 178 valence electrons. The van der Waals surface area contributed by atoms with E-state index in [9.17, 15) is 9.18 Å². The van der Waals surface area contributed by atoms with E-state index in [2.05, 4.69) is 10.2 Å². The Kier molecular flexibility index (Phi) is 7.02. The summed E-state index contributed by atoms with van der Waals surface area (Å²) in [6.45, 7) is 4.82. The van der Waals surface area contributed by atoms with E-state index in [4.69, 9.17) is 9.47 Å².